The number of fused-ring (bicyclic) bond motifs is 3. The van der Waals surface area contributed by atoms with Crippen LogP contribution in [0.1, 0.15) is 11.3 Å². The SMILES string of the molecule is Cc1c(C)n(C)c2nc3ccccc3n2c1=O. The Kier molecular flexibility index (Phi) is 1.90. The highest BCUT2D eigenvalue weighted by molar-refractivity contribution is 5.79. The van der Waals surface area contributed by atoms with Crippen molar-refractivity contribution in [3.8, 4) is 0 Å². The fourth-order valence-corrected chi connectivity index (χ4v) is 2.16. The van der Waals surface area contributed by atoms with Crippen LogP contribution >= 0.6 is 0 Å². The molecule has 0 radical (unpaired) electrons. The lowest BCUT2D eigenvalue weighted by Gasteiger charge is -2.08. The number of aromatic nitrogens is 3. The Morgan fingerprint density at radius 1 is 1.18 bits per heavy atom. The number of para-hydroxylation sites is 2. The van der Waals surface area contributed by atoms with E-state index < -0.39 is 0 Å². The highest BCUT2D eigenvalue weighted by Crippen LogP contribution is 2.15. The summed E-state index contributed by atoms with van der Waals surface area (Å²) >= 11 is 0. The molecule has 0 spiro atoms. The van der Waals surface area contributed by atoms with E-state index in [2.05, 4.69) is 4.98 Å². The summed E-state index contributed by atoms with van der Waals surface area (Å²) < 4.78 is 3.63. The molecule has 0 saturated carbocycles. The van der Waals surface area contributed by atoms with Gasteiger partial charge in [-0.1, -0.05) is 12.1 Å². The standard InChI is InChI=1S/C13H13N3O/c1-8-9(2)15(3)13-14-10-6-4-5-7-11(10)16(13)12(8)17/h4-7H,1-3H3. The molecular weight excluding hydrogens is 214 g/mol. The Bertz CT molecular complexity index is 796. The second-order valence-electron chi connectivity index (χ2n) is 4.31. The van der Waals surface area contributed by atoms with Gasteiger partial charge in [-0.05, 0) is 26.0 Å². The minimum absolute atomic E-state index is 0.0179. The lowest BCUT2D eigenvalue weighted by Crippen LogP contribution is -2.21. The van der Waals surface area contributed by atoms with Crippen LogP contribution in [0.4, 0.5) is 0 Å². The van der Waals surface area contributed by atoms with Crippen molar-refractivity contribution < 1.29 is 0 Å². The van der Waals surface area contributed by atoms with Crippen LogP contribution in [0.25, 0.3) is 16.8 Å². The Hall–Kier alpha value is -2.10. The maximum atomic E-state index is 12.3. The monoisotopic (exact) mass is 227 g/mol. The van der Waals surface area contributed by atoms with Gasteiger partial charge in [0.05, 0.1) is 11.0 Å². The third kappa shape index (κ3) is 1.18. The van der Waals surface area contributed by atoms with Crippen molar-refractivity contribution in [1.29, 1.82) is 0 Å². The zero-order valence-electron chi connectivity index (χ0n) is 10.1. The van der Waals surface area contributed by atoms with E-state index in [0.717, 1.165) is 22.3 Å². The molecule has 4 nitrogen and oxygen atoms in total. The molecule has 0 atom stereocenters. The van der Waals surface area contributed by atoms with E-state index in [1.807, 2.05) is 49.7 Å². The normalized spacial score (nSPS) is 11.5. The van der Waals surface area contributed by atoms with E-state index in [1.54, 1.807) is 4.40 Å². The van der Waals surface area contributed by atoms with E-state index in [-0.39, 0.29) is 5.56 Å². The summed E-state index contributed by atoms with van der Waals surface area (Å²) in [6.07, 6.45) is 0. The number of rotatable bonds is 0. The topological polar surface area (TPSA) is 39.3 Å². The molecule has 0 unspecified atom stereocenters. The number of nitrogens with zero attached hydrogens (tertiary/aromatic N) is 3. The maximum Gasteiger partial charge on any atom is 0.262 e. The zero-order valence-corrected chi connectivity index (χ0v) is 10.1. The first-order valence-electron chi connectivity index (χ1n) is 5.54. The van der Waals surface area contributed by atoms with Gasteiger partial charge in [0, 0.05) is 18.3 Å². The zero-order chi connectivity index (χ0) is 12.2. The second-order valence-corrected chi connectivity index (χ2v) is 4.31. The summed E-state index contributed by atoms with van der Waals surface area (Å²) in [7, 11) is 1.93. The molecule has 0 saturated heterocycles. The van der Waals surface area contributed by atoms with Gasteiger partial charge in [0.25, 0.3) is 5.56 Å². The lowest BCUT2D eigenvalue weighted by molar-refractivity contribution is 0.818. The fourth-order valence-electron chi connectivity index (χ4n) is 2.16. The summed E-state index contributed by atoms with van der Waals surface area (Å²) in [5.41, 5.74) is 3.46. The molecule has 0 bridgehead atoms. The molecule has 0 aliphatic carbocycles. The lowest BCUT2D eigenvalue weighted by atomic mass is 10.2. The first-order chi connectivity index (χ1) is 8.11. The van der Waals surface area contributed by atoms with E-state index in [1.165, 1.54) is 0 Å². The number of hydrogen-bond acceptors (Lipinski definition) is 2. The van der Waals surface area contributed by atoms with Gasteiger partial charge < -0.3 is 4.57 Å². The fraction of sp³-hybridized carbons (Fsp3) is 0.231. The summed E-state index contributed by atoms with van der Waals surface area (Å²) in [6, 6.07) is 7.70. The second kappa shape index (κ2) is 3.20. The van der Waals surface area contributed by atoms with Gasteiger partial charge in [-0.15, -0.1) is 0 Å². The van der Waals surface area contributed by atoms with Gasteiger partial charge in [0.2, 0.25) is 5.78 Å². The first-order valence-corrected chi connectivity index (χ1v) is 5.54. The van der Waals surface area contributed by atoms with Gasteiger partial charge >= 0.3 is 0 Å². The van der Waals surface area contributed by atoms with Gasteiger partial charge in [0.15, 0.2) is 0 Å². The predicted molar refractivity (Wildman–Crippen MR) is 67.4 cm³/mol. The molecule has 3 rings (SSSR count). The van der Waals surface area contributed by atoms with Gasteiger partial charge in [-0.25, -0.2) is 9.38 Å². The molecule has 0 aliphatic heterocycles. The molecule has 3 aromatic rings. The van der Waals surface area contributed by atoms with Gasteiger partial charge in [-0.2, -0.15) is 0 Å². The highest BCUT2D eigenvalue weighted by Gasteiger charge is 2.12. The number of aryl methyl sites for hydroxylation is 1. The number of imidazole rings is 1. The van der Waals surface area contributed by atoms with Crippen LogP contribution in [0.5, 0.6) is 0 Å². The molecule has 4 heteroatoms. The Morgan fingerprint density at radius 2 is 1.88 bits per heavy atom. The van der Waals surface area contributed by atoms with Crippen molar-refractivity contribution in [2.75, 3.05) is 0 Å². The molecule has 0 fully saturated rings. The molecule has 2 aromatic heterocycles. The Balaban J connectivity index is 2.72. The van der Waals surface area contributed by atoms with Crippen LogP contribution in [-0.2, 0) is 7.05 Å². The van der Waals surface area contributed by atoms with Crippen LogP contribution in [0.3, 0.4) is 0 Å². The van der Waals surface area contributed by atoms with Crippen molar-refractivity contribution in [3.05, 3.63) is 45.9 Å². The number of hydrogen-bond donors (Lipinski definition) is 0. The van der Waals surface area contributed by atoms with Gasteiger partial charge in [0.1, 0.15) is 0 Å². The van der Waals surface area contributed by atoms with Crippen LogP contribution < -0.4 is 5.56 Å². The average molecular weight is 227 g/mol. The quantitative estimate of drug-likeness (QED) is 0.587. The van der Waals surface area contributed by atoms with Crippen molar-refractivity contribution in [2.45, 2.75) is 13.8 Å². The third-order valence-electron chi connectivity index (χ3n) is 3.41. The predicted octanol–water partition coefficient (Wildman–Crippen LogP) is 1.80. The number of benzene rings is 1. The molecular formula is C13H13N3O. The maximum absolute atomic E-state index is 12.3. The molecule has 0 amide bonds. The molecule has 0 N–H and O–H groups in total. The minimum atomic E-state index is 0.0179. The largest absolute Gasteiger partial charge is 0.318 e. The summed E-state index contributed by atoms with van der Waals surface area (Å²) in [4.78, 5) is 16.8. The molecule has 0 aliphatic rings. The summed E-state index contributed by atoms with van der Waals surface area (Å²) in [6.45, 7) is 3.79. The third-order valence-corrected chi connectivity index (χ3v) is 3.41. The smallest absolute Gasteiger partial charge is 0.262 e. The van der Waals surface area contributed by atoms with Crippen molar-refractivity contribution in [1.82, 2.24) is 14.0 Å². The summed E-state index contributed by atoms with van der Waals surface area (Å²) in [5.74, 6) is 0.694. The highest BCUT2D eigenvalue weighted by atomic mass is 16.1. The molecule has 1 aromatic carbocycles. The van der Waals surface area contributed by atoms with E-state index >= 15 is 0 Å². The van der Waals surface area contributed by atoms with Crippen molar-refractivity contribution in [2.24, 2.45) is 7.05 Å². The molecule has 2 heterocycles. The van der Waals surface area contributed by atoms with E-state index in [4.69, 9.17) is 0 Å². The van der Waals surface area contributed by atoms with Crippen LogP contribution in [0, 0.1) is 13.8 Å². The minimum Gasteiger partial charge on any atom is -0.318 e. The van der Waals surface area contributed by atoms with Crippen molar-refractivity contribution >= 4 is 16.8 Å². The average Bonchev–Trinajstić information content (AvgIpc) is 2.73. The van der Waals surface area contributed by atoms with Crippen molar-refractivity contribution in [3.63, 3.8) is 0 Å². The Labute approximate surface area is 98.1 Å². The van der Waals surface area contributed by atoms with Crippen LogP contribution in [0.2, 0.25) is 0 Å². The summed E-state index contributed by atoms with van der Waals surface area (Å²) in [5, 5.41) is 0. The van der Waals surface area contributed by atoms with E-state index in [9.17, 15) is 4.79 Å². The molecule has 86 valence electrons. The van der Waals surface area contributed by atoms with E-state index in [0.29, 0.717) is 5.78 Å². The van der Waals surface area contributed by atoms with Gasteiger partial charge in [-0.3, -0.25) is 4.79 Å². The molecule has 17 heavy (non-hydrogen) atoms. The Morgan fingerprint density at radius 3 is 2.65 bits per heavy atom. The van der Waals surface area contributed by atoms with Crippen LogP contribution in [-0.4, -0.2) is 14.0 Å². The van der Waals surface area contributed by atoms with Crippen LogP contribution in [0.15, 0.2) is 29.1 Å². The first kappa shape index (κ1) is 10.1.